The van der Waals surface area contributed by atoms with Gasteiger partial charge in [0.05, 0.1) is 5.52 Å². The first-order chi connectivity index (χ1) is 13.2. The van der Waals surface area contributed by atoms with Gasteiger partial charge in [0.1, 0.15) is 0 Å². The van der Waals surface area contributed by atoms with Crippen LogP contribution in [-0.2, 0) is 4.79 Å². The summed E-state index contributed by atoms with van der Waals surface area (Å²) in [6, 6.07) is 14.6. The van der Waals surface area contributed by atoms with E-state index in [4.69, 9.17) is 4.98 Å². The minimum Gasteiger partial charge on any atom is -0.337 e. The van der Waals surface area contributed by atoms with Gasteiger partial charge >= 0.3 is 0 Å². The molecule has 1 fully saturated rings. The smallest absolute Gasteiger partial charge is 0.246 e. The number of aromatic nitrogens is 2. The van der Waals surface area contributed by atoms with E-state index in [1.54, 1.807) is 0 Å². The van der Waals surface area contributed by atoms with E-state index in [9.17, 15) is 4.79 Å². The van der Waals surface area contributed by atoms with E-state index in [1.807, 2.05) is 23.2 Å². The number of aryl methyl sites for hydroxylation is 1. The lowest BCUT2D eigenvalue weighted by atomic mass is 9.98. The van der Waals surface area contributed by atoms with Gasteiger partial charge < -0.3 is 9.80 Å². The highest BCUT2D eigenvalue weighted by Crippen LogP contribution is 2.30. The van der Waals surface area contributed by atoms with Gasteiger partial charge in [-0.3, -0.25) is 4.79 Å². The minimum absolute atomic E-state index is 0.0177. The number of benzene rings is 2. The van der Waals surface area contributed by atoms with Crippen LogP contribution in [0.25, 0.3) is 22.0 Å². The molecule has 2 heterocycles. The van der Waals surface area contributed by atoms with Crippen molar-refractivity contribution in [1.82, 2.24) is 14.9 Å². The Hall–Kier alpha value is -3.21. The molecule has 0 saturated carbocycles. The lowest BCUT2D eigenvalue weighted by Gasteiger charge is -2.34. The molecule has 3 aromatic rings. The average molecular weight is 358 g/mol. The summed E-state index contributed by atoms with van der Waals surface area (Å²) in [5.74, 6) is 0.699. The fourth-order valence-corrected chi connectivity index (χ4v) is 3.55. The first-order valence-corrected chi connectivity index (χ1v) is 9.15. The molecule has 0 atom stereocenters. The van der Waals surface area contributed by atoms with Crippen LogP contribution in [0.3, 0.4) is 0 Å². The van der Waals surface area contributed by atoms with Crippen LogP contribution in [0.1, 0.15) is 5.56 Å². The summed E-state index contributed by atoms with van der Waals surface area (Å²) in [4.78, 5) is 25.2. The van der Waals surface area contributed by atoms with E-state index in [0.717, 1.165) is 29.6 Å². The largest absolute Gasteiger partial charge is 0.337 e. The predicted molar refractivity (Wildman–Crippen MR) is 109 cm³/mol. The minimum atomic E-state index is -0.0177. The lowest BCUT2D eigenvalue weighted by molar-refractivity contribution is -0.126. The molecule has 0 N–H and O–H groups in total. The zero-order valence-corrected chi connectivity index (χ0v) is 15.4. The van der Waals surface area contributed by atoms with Gasteiger partial charge in [-0.1, -0.05) is 49.0 Å². The topological polar surface area (TPSA) is 49.3 Å². The van der Waals surface area contributed by atoms with Crippen molar-refractivity contribution in [3.63, 3.8) is 0 Å². The van der Waals surface area contributed by atoms with Gasteiger partial charge in [0.25, 0.3) is 0 Å². The third-order valence-corrected chi connectivity index (χ3v) is 5.08. The molecule has 136 valence electrons. The first-order valence-electron chi connectivity index (χ1n) is 9.15. The van der Waals surface area contributed by atoms with E-state index >= 15 is 0 Å². The Balaban J connectivity index is 1.69. The summed E-state index contributed by atoms with van der Waals surface area (Å²) in [5, 5.41) is 1.03. The van der Waals surface area contributed by atoms with Gasteiger partial charge in [-0.25, -0.2) is 9.97 Å². The number of piperazine rings is 1. The summed E-state index contributed by atoms with van der Waals surface area (Å²) in [7, 11) is 0. The fraction of sp³-hybridized carbons (Fsp3) is 0.227. The van der Waals surface area contributed by atoms with Gasteiger partial charge in [-0.05, 0) is 24.1 Å². The van der Waals surface area contributed by atoms with Crippen LogP contribution in [0.5, 0.6) is 0 Å². The number of nitrogens with zero attached hydrogens (tertiary/aromatic N) is 4. The van der Waals surface area contributed by atoms with Gasteiger partial charge in [-0.2, -0.15) is 0 Å². The third kappa shape index (κ3) is 3.28. The molecule has 0 spiro atoms. The monoisotopic (exact) mass is 358 g/mol. The SMILES string of the molecule is C=CC(=O)N1CCN(c2ncc3cccc(-c4ccccc4C)c3n2)CC1. The van der Waals surface area contributed by atoms with Crippen molar-refractivity contribution in [3.8, 4) is 11.1 Å². The van der Waals surface area contributed by atoms with Crippen LogP contribution in [0.4, 0.5) is 5.95 Å². The maximum atomic E-state index is 11.8. The molecular weight excluding hydrogens is 336 g/mol. The number of carbonyl (C=O) groups is 1. The number of carbonyl (C=O) groups excluding carboxylic acids is 1. The van der Waals surface area contributed by atoms with Crippen LogP contribution in [-0.4, -0.2) is 47.0 Å². The average Bonchev–Trinajstić information content (AvgIpc) is 2.73. The summed E-state index contributed by atoms with van der Waals surface area (Å²) < 4.78 is 0. The fourth-order valence-electron chi connectivity index (χ4n) is 3.55. The van der Waals surface area contributed by atoms with Crippen molar-refractivity contribution in [3.05, 3.63) is 66.9 Å². The molecular formula is C22H22N4O. The van der Waals surface area contributed by atoms with Crippen LogP contribution < -0.4 is 4.90 Å². The number of amides is 1. The van der Waals surface area contributed by atoms with Gasteiger partial charge in [-0.15, -0.1) is 0 Å². The van der Waals surface area contributed by atoms with Crippen molar-refractivity contribution in [2.75, 3.05) is 31.1 Å². The number of hydrogen-bond donors (Lipinski definition) is 0. The molecule has 1 aromatic heterocycles. The normalized spacial score (nSPS) is 14.4. The lowest BCUT2D eigenvalue weighted by Crippen LogP contribution is -2.48. The molecule has 4 rings (SSSR count). The zero-order valence-electron chi connectivity index (χ0n) is 15.4. The van der Waals surface area contributed by atoms with E-state index in [1.165, 1.54) is 17.2 Å². The molecule has 0 bridgehead atoms. The molecule has 1 amide bonds. The molecule has 0 unspecified atom stereocenters. The Kier molecular flexibility index (Phi) is 4.59. The second-order valence-electron chi connectivity index (χ2n) is 6.74. The van der Waals surface area contributed by atoms with E-state index < -0.39 is 0 Å². The maximum absolute atomic E-state index is 11.8. The standard InChI is InChI=1S/C22H22N4O/c1-3-20(27)25-11-13-26(14-12-25)22-23-15-17-8-6-10-19(21(17)24-22)18-9-5-4-7-16(18)2/h3-10,15H,1,11-14H2,2H3. The molecule has 5 nitrogen and oxygen atoms in total. The first kappa shape index (κ1) is 17.2. The van der Waals surface area contributed by atoms with Gasteiger partial charge in [0.2, 0.25) is 11.9 Å². The number of para-hydroxylation sites is 1. The zero-order chi connectivity index (χ0) is 18.8. The quantitative estimate of drug-likeness (QED) is 0.673. The number of rotatable bonds is 3. The molecule has 2 aromatic carbocycles. The Morgan fingerprint density at radius 2 is 1.78 bits per heavy atom. The van der Waals surface area contributed by atoms with Crippen molar-refractivity contribution < 1.29 is 4.79 Å². The number of hydrogen-bond acceptors (Lipinski definition) is 4. The highest BCUT2D eigenvalue weighted by atomic mass is 16.2. The Morgan fingerprint density at radius 3 is 2.52 bits per heavy atom. The molecule has 27 heavy (non-hydrogen) atoms. The van der Waals surface area contributed by atoms with Crippen LogP contribution in [0.2, 0.25) is 0 Å². The molecule has 1 aliphatic heterocycles. The summed E-state index contributed by atoms with van der Waals surface area (Å²) in [6.07, 6.45) is 3.26. The molecule has 1 saturated heterocycles. The predicted octanol–water partition coefficient (Wildman–Crippen LogP) is 3.44. The Bertz CT molecular complexity index is 1010. The highest BCUT2D eigenvalue weighted by Gasteiger charge is 2.21. The Morgan fingerprint density at radius 1 is 1.04 bits per heavy atom. The summed E-state index contributed by atoms with van der Waals surface area (Å²) >= 11 is 0. The molecule has 5 heteroatoms. The molecule has 0 radical (unpaired) electrons. The van der Waals surface area contributed by atoms with Crippen molar-refractivity contribution in [2.24, 2.45) is 0 Å². The second-order valence-corrected chi connectivity index (χ2v) is 6.74. The second kappa shape index (κ2) is 7.19. The van der Waals surface area contributed by atoms with E-state index in [0.29, 0.717) is 19.0 Å². The highest BCUT2D eigenvalue weighted by molar-refractivity contribution is 5.94. The summed E-state index contributed by atoms with van der Waals surface area (Å²) in [6.45, 7) is 8.44. The van der Waals surface area contributed by atoms with Crippen molar-refractivity contribution >= 4 is 22.8 Å². The number of anilines is 1. The van der Waals surface area contributed by atoms with Crippen LogP contribution in [0, 0.1) is 6.92 Å². The maximum Gasteiger partial charge on any atom is 0.246 e. The summed E-state index contributed by atoms with van der Waals surface area (Å²) in [5.41, 5.74) is 4.49. The van der Waals surface area contributed by atoms with Gasteiger partial charge in [0.15, 0.2) is 0 Å². The molecule has 0 aliphatic carbocycles. The van der Waals surface area contributed by atoms with E-state index in [2.05, 4.69) is 53.7 Å². The van der Waals surface area contributed by atoms with Crippen molar-refractivity contribution in [1.29, 1.82) is 0 Å². The van der Waals surface area contributed by atoms with Crippen LogP contribution >= 0.6 is 0 Å². The van der Waals surface area contributed by atoms with E-state index in [-0.39, 0.29) is 5.91 Å². The molecule has 1 aliphatic rings. The van der Waals surface area contributed by atoms with Gasteiger partial charge in [0, 0.05) is 43.3 Å². The number of fused-ring (bicyclic) bond motifs is 1. The Labute approximate surface area is 159 Å². The van der Waals surface area contributed by atoms with Crippen LogP contribution in [0.15, 0.2) is 61.3 Å². The van der Waals surface area contributed by atoms with Crippen molar-refractivity contribution in [2.45, 2.75) is 6.92 Å². The third-order valence-electron chi connectivity index (χ3n) is 5.08.